The van der Waals surface area contributed by atoms with Crippen molar-refractivity contribution in [3.8, 4) is 23.3 Å². The van der Waals surface area contributed by atoms with Crippen molar-refractivity contribution >= 4 is 5.97 Å². The van der Waals surface area contributed by atoms with Crippen molar-refractivity contribution in [2.45, 2.75) is 13.0 Å². The van der Waals surface area contributed by atoms with Crippen molar-refractivity contribution in [3.05, 3.63) is 130 Å². The number of carbonyl (C=O) groups excluding carboxylic acids is 1. The molecule has 0 fully saturated rings. The predicted octanol–water partition coefficient (Wildman–Crippen LogP) is 6.73. The average molecular weight is 452 g/mol. The lowest BCUT2D eigenvalue weighted by Gasteiger charge is -2.27. The summed E-state index contributed by atoms with van der Waals surface area (Å²) in [7, 11) is 0. The Morgan fingerprint density at radius 2 is 1.38 bits per heavy atom. The highest BCUT2D eigenvalue weighted by molar-refractivity contribution is 5.90. The Labute approximate surface area is 195 Å². The maximum Gasteiger partial charge on any atom is 0.339 e. The number of carbonyl (C=O) groups is 1. The van der Waals surface area contributed by atoms with Gasteiger partial charge in [-0.3, -0.25) is 0 Å². The van der Waals surface area contributed by atoms with Gasteiger partial charge in [0.2, 0.25) is 0 Å². The van der Waals surface area contributed by atoms with E-state index in [1.165, 1.54) is 12.1 Å². The van der Waals surface area contributed by atoms with Gasteiger partial charge < -0.3 is 9.47 Å². The van der Waals surface area contributed by atoms with Crippen LogP contribution in [0.3, 0.4) is 0 Å². The number of esters is 1. The second kappa shape index (κ2) is 8.84. The van der Waals surface area contributed by atoms with E-state index in [1.807, 2.05) is 48.5 Å². The van der Waals surface area contributed by atoms with Crippen LogP contribution in [0.15, 0.2) is 84.9 Å². The maximum atomic E-state index is 14.0. The third-order valence-electron chi connectivity index (χ3n) is 5.49. The van der Waals surface area contributed by atoms with E-state index >= 15 is 0 Å². The van der Waals surface area contributed by atoms with E-state index in [0.29, 0.717) is 28.2 Å². The molecule has 0 saturated heterocycles. The van der Waals surface area contributed by atoms with Gasteiger partial charge in [0.25, 0.3) is 0 Å². The van der Waals surface area contributed by atoms with Crippen LogP contribution in [0.25, 0.3) is 0 Å². The lowest BCUT2D eigenvalue weighted by molar-refractivity contribution is 0.0362. The van der Waals surface area contributed by atoms with Gasteiger partial charge in [-0.25, -0.2) is 13.6 Å². The molecule has 0 saturated carbocycles. The summed E-state index contributed by atoms with van der Waals surface area (Å²) >= 11 is 0. The van der Waals surface area contributed by atoms with Crippen molar-refractivity contribution in [1.82, 2.24) is 0 Å². The number of ether oxygens (including phenoxy) is 2. The highest BCUT2D eigenvalue weighted by atomic mass is 19.1. The van der Waals surface area contributed by atoms with Crippen LogP contribution < -0.4 is 4.74 Å². The van der Waals surface area contributed by atoms with Crippen LogP contribution >= 0.6 is 0 Å². The van der Waals surface area contributed by atoms with E-state index in [-0.39, 0.29) is 5.56 Å². The number of hydrogen-bond acceptors (Lipinski definition) is 3. The molecule has 166 valence electrons. The van der Waals surface area contributed by atoms with E-state index < -0.39 is 23.7 Å². The minimum absolute atomic E-state index is 0.286. The Hall–Kier alpha value is -4.43. The smallest absolute Gasteiger partial charge is 0.339 e. The molecule has 3 nitrogen and oxygen atoms in total. The summed E-state index contributed by atoms with van der Waals surface area (Å²) in [6.07, 6.45) is -0.611. The van der Waals surface area contributed by atoms with Gasteiger partial charge in [0, 0.05) is 16.7 Å². The normalized spacial score (nSPS) is 12.0. The molecule has 0 spiro atoms. The van der Waals surface area contributed by atoms with Gasteiger partial charge in [-0.05, 0) is 61.0 Å². The van der Waals surface area contributed by atoms with Crippen LogP contribution in [0.5, 0.6) is 11.5 Å². The molecule has 34 heavy (non-hydrogen) atoms. The van der Waals surface area contributed by atoms with E-state index in [0.717, 1.165) is 11.1 Å². The summed E-state index contributed by atoms with van der Waals surface area (Å²) in [6.45, 7) is 1.61. The molecule has 1 heterocycles. The zero-order valence-corrected chi connectivity index (χ0v) is 18.1. The minimum Gasteiger partial charge on any atom is -0.456 e. The average Bonchev–Trinajstić information content (AvgIpc) is 2.83. The van der Waals surface area contributed by atoms with E-state index in [1.54, 1.807) is 31.2 Å². The molecule has 5 heteroatoms. The molecule has 5 rings (SSSR count). The second-order valence-corrected chi connectivity index (χ2v) is 7.89. The van der Waals surface area contributed by atoms with Crippen molar-refractivity contribution in [2.24, 2.45) is 0 Å². The summed E-state index contributed by atoms with van der Waals surface area (Å²) in [6, 6.07) is 23.7. The molecule has 0 aromatic heterocycles. The molecule has 4 aromatic rings. The lowest BCUT2D eigenvalue weighted by atomic mass is 9.97. The molecule has 1 aliphatic rings. The Balaban J connectivity index is 1.38. The Kier molecular flexibility index (Phi) is 5.57. The molecule has 0 atom stereocenters. The van der Waals surface area contributed by atoms with Gasteiger partial charge in [-0.15, -0.1) is 0 Å². The van der Waals surface area contributed by atoms with Crippen molar-refractivity contribution in [2.75, 3.05) is 0 Å². The van der Waals surface area contributed by atoms with E-state index in [2.05, 4.69) is 11.8 Å². The highest BCUT2D eigenvalue weighted by Crippen LogP contribution is 2.44. The first kappa shape index (κ1) is 21.4. The minimum atomic E-state index is -0.706. The number of aryl methyl sites for hydroxylation is 1. The Morgan fingerprint density at radius 1 is 0.824 bits per heavy atom. The van der Waals surface area contributed by atoms with E-state index in [9.17, 15) is 13.6 Å². The zero-order chi connectivity index (χ0) is 23.7. The first-order valence-electron chi connectivity index (χ1n) is 10.6. The lowest BCUT2D eigenvalue weighted by Crippen LogP contribution is -2.17. The summed E-state index contributed by atoms with van der Waals surface area (Å²) in [5, 5.41) is 0. The highest BCUT2D eigenvalue weighted by Gasteiger charge is 2.30. The number of benzene rings is 4. The van der Waals surface area contributed by atoms with Crippen LogP contribution in [-0.4, -0.2) is 5.97 Å². The van der Waals surface area contributed by atoms with Crippen LogP contribution in [0.2, 0.25) is 0 Å². The number of fused-ring (bicyclic) bond motifs is 2. The Bertz CT molecular complexity index is 1390. The molecule has 0 N–H and O–H groups in total. The predicted molar refractivity (Wildman–Crippen MR) is 124 cm³/mol. The fourth-order valence-electron chi connectivity index (χ4n) is 3.81. The molecule has 0 aliphatic carbocycles. The first-order chi connectivity index (χ1) is 16.5. The van der Waals surface area contributed by atoms with Crippen LogP contribution in [0, 0.1) is 30.4 Å². The SMILES string of the molecule is Cc1cc(F)c(C#Cc2ccc(C(=O)OC3c4ccccc4Oc4ccccc43)cc2)c(F)c1. The summed E-state index contributed by atoms with van der Waals surface area (Å²) in [4.78, 5) is 12.9. The fourth-order valence-corrected chi connectivity index (χ4v) is 3.81. The van der Waals surface area contributed by atoms with Gasteiger partial charge in [0.15, 0.2) is 6.10 Å². The largest absolute Gasteiger partial charge is 0.456 e. The first-order valence-corrected chi connectivity index (χ1v) is 10.6. The third-order valence-corrected chi connectivity index (χ3v) is 5.49. The third kappa shape index (κ3) is 4.14. The van der Waals surface area contributed by atoms with Crippen molar-refractivity contribution in [1.29, 1.82) is 0 Å². The number of halogens is 2. The molecular formula is C29H18F2O3. The molecule has 1 aliphatic heterocycles. The second-order valence-electron chi connectivity index (χ2n) is 7.89. The van der Waals surface area contributed by atoms with Crippen LogP contribution in [-0.2, 0) is 4.74 Å². The van der Waals surface area contributed by atoms with Gasteiger partial charge in [0.1, 0.15) is 23.1 Å². The van der Waals surface area contributed by atoms with Gasteiger partial charge in [-0.1, -0.05) is 48.2 Å². The molecule has 4 aromatic carbocycles. The Morgan fingerprint density at radius 3 is 1.97 bits per heavy atom. The molecule has 0 unspecified atom stereocenters. The van der Waals surface area contributed by atoms with Gasteiger partial charge in [0.05, 0.1) is 11.1 Å². The number of para-hydroxylation sites is 2. The van der Waals surface area contributed by atoms with Gasteiger partial charge in [-0.2, -0.15) is 0 Å². The van der Waals surface area contributed by atoms with E-state index in [4.69, 9.17) is 9.47 Å². The molecule has 0 radical (unpaired) electrons. The van der Waals surface area contributed by atoms with Crippen LogP contribution in [0.4, 0.5) is 8.78 Å². The van der Waals surface area contributed by atoms with Crippen molar-refractivity contribution in [3.63, 3.8) is 0 Å². The molecule has 0 bridgehead atoms. The topological polar surface area (TPSA) is 35.5 Å². The van der Waals surface area contributed by atoms with Gasteiger partial charge >= 0.3 is 5.97 Å². The molecule has 0 amide bonds. The maximum absolute atomic E-state index is 14.0. The monoisotopic (exact) mass is 452 g/mol. The summed E-state index contributed by atoms with van der Waals surface area (Å²) in [5.41, 5.74) is 2.57. The van der Waals surface area contributed by atoms with Crippen LogP contribution in [0.1, 0.15) is 44.3 Å². The standard InChI is InChI=1S/C29H18F2O3/c1-18-16-24(30)21(25(31)17-18)15-12-19-10-13-20(14-11-19)29(32)34-28-22-6-2-4-8-26(22)33-27-9-5-3-7-23(27)28/h2-11,13-14,16-17,28H,1H3. The zero-order valence-electron chi connectivity index (χ0n) is 18.1. The quantitative estimate of drug-likeness (QED) is 0.250. The summed E-state index contributed by atoms with van der Waals surface area (Å²) in [5.74, 6) is 4.63. The van der Waals surface area contributed by atoms with Crippen molar-refractivity contribution < 1.29 is 23.0 Å². The molecular weight excluding hydrogens is 434 g/mol. The fraction of sp³-hybridized carbons (Fsp3) is 0.0690. The number of hydrogen-bond donors (Lipinski definition) is 0. The number of rotatable bonds is 2. The summed E-state index contributed by atoms with van der Waals surface area (Å²) < 4.78 is 39.8.